The van der Waals surface area contributed by atoms with E-state index in [1.165, 1.54) is 49.6 Å². The zero-order valence-corrected chi connectivity index (χ0v) is 32.3. The van der Waals surface area contributed by atoms with Crippen LogP contribution < -0.4 is 27.1 Å². The number of nitrogen functional groups attached to an aromatic ring is 1. The molecule has 0 radical (unpaired) electrons. The lowest BCUT2D eigenvalue weighted by Gasteiger charge is -2.23. The van der Waals surface area contributed by atoms with Crippen molar-refractivity contribution < 1.29 is 63.1 Å². The van der Waals surface area contributed by atoms with Crippen molar-refractivity contribution in [1.29, 1.82) is 0 Å². The maximum Gasteiger partial charge on any atom is 0.300 e. The van der Waals surface area contributed by atoms with Crippen LogP contribution in [0.3, 0.4) is 0 Å². The molecule has 0 fully saturated rings. The molecule has 5 rings (SSSR count). The maximum absolute atomic E-state index is 14.1. The highest BCUT2D eigenvalue weighted by Crippen LogP contribution is 2.45. The number of fused-ring (bicyclic) bond motifs is 2. The van der Waals surface area contributed by atoms with E-state index in [4.69, 9.17) is 21.1 Å². The highest BCUT2D eigenvalue weighted by Gasteiger charge is 2.32. The molecule has 2 aliphatic rings. The highest BCUT2D eigenvalue weighted by atomic mass is 32.2. The molecule has 0 atom stereocenters. The van der Waals surface area contributed by atoms with Crippen molar-refractivity contribution in [3.05, 3.63) is 93.4 Å². The van der Waals surface area contributed by atoms with Crippen molar-refractivity contribution in [2.45, 2.75) is 22.8 Å². The number of pyridine rings is 1. The molecule has 0 saturated heterocycles. The first-order chi connectivity index (χ1) is 27.1. The van der Waals surface area contributed by atoms with Gasteiger partial charge in [-0.1, -0.05) is 11.2 Å². The van der Waals surface area contributed by atoms with Crippen LogP contribution in [0.5, 0.6) is 0 Å². The van der Waals surface area contributed by atoms with Gasteiger partial charge in [0, 0.05) is 70.9 Å². The minimum Gasteiger partial charge on any atom is -0.744 e. The van der Waals surface area contributed by atoms with Crippen LogP contribution in [0.15, 0.2) is 80.1 Å². The summed E-state index contributed by atoms with van der Waals surface area (Å²) in [7, 11) is -14.1. The number of nitrogens with one attached hydrogen (secondary N) is 2. The third kappa shape index (κ3) is 9.55. The van der Waals surface area contributed by atoms with Crippen LogP contribution in [0.1, 0.15) is 32.8 Å². The number of nitrogens with two attached hydrogens (primary N) is 2. The maximum atomic E-state index is 14.1. The van der Waals surface area contributed by atoms with E-state index < -0.39 is 92.6 Å². The van der Waals surface area contributed by atoms with Crippen molar-refractivity contribution >= 4 is 70.4 Å². The molecule has 25 heteroatoms. The van der Waals surface area contributed by atoms with Gasteiger partial charge in [0.05, 0.1) is 29.9 Å². The number of hydrogen-bond acceptors (Lipinski definition) is 14. The molecule has 3 amide bonds. The van der Waals surface area contributed by atoms with Gasteiger partial charge in [-0.2, -0.15) is 16.8 Å². The van der Waals surface area contributed by atoms with E-state index in [0.717, 1.165) is 23.1 Å². The number of hydrogen-bond donors (Lipinski definition) is 6. The molecule has 2 aromatic carbocycles. The Kier molecular flexibility index (Phi) is 12.2. The van der Waals surface area contributed by atoms with Crippen LogP contribution in [0, 0.1) is 0 Å². The van der Waals surface area contributed by atoms with Gasteiger partial charge >= 0.3 is 0 Å². The number of amides is 3. The van der Waals surface area contributed by atoms with Gasteiger partial charge in [-0.3, -0.25) is 33.9 Å². The molecule has 2 heterocycles. The van der Waals surface area contributed by atoms with Crippen LogP contribution in [-0.4, -0.2) is 92.4 Å². The molecule has 1 aromatic heterocycles. The Bertz CT molecular complexity index is 2910. The van der Waals surface area contributed by atoms with Gasteiger partial charge in [-0.15, -0.1) is 0 Å². The SMILES string of the molecule is CN(CCS(=O)(=O)O)C(=O)c1cc(C(=O)NCCC(=O)Nc2ccc(CN=[N+]=[N-])nc2)ccc1-c1c2ccc(=[NH2+])c(S(=O)(=O)[O-])c-2oc2c(S(=O)(=O)O)c(N)ccc12. The molecule has 8 N–H and O–H groups in total. The molecule has 0 unspecified atom stereocenters. The first-order valence-corrected chi connectivity index (χ1v) is 20.8. The van der Waals surface area contributed by atoms with Crippen molar-refractivity contribution in [3.63, 3.8) is 0 Å². The standard InChI is InChI=1S/C33H31N9O13S3/c1-42(12-13-56(46,47)48)33(45)23-14-17(32(44)37-11-10-26(43)40-19-4-3-18(38-15-19)16-39-41-36)2-5-20(23)27-21-6-8-24(34)30(57(49,50)51)28(21)55-29-22(27)7-9-25(35)31(29)58(52,53)54/h2-9,14-15,34H,10-13,16,35H2,1H3,(H,37,44)(H,40,43)(H,46,47,48)(H,49,50,51)(H,52,53,54). The molecule has 3 aromatic rings. The Morgan fingerprint density at radius 1 is 1.02 bits per heavy atom. The number of rotatable bonds is 14. The molecule has 1 aliphatic carbocycles. The van der Waals surface area contributed by atoms with Gasteiger partial charge in [-0.05, 0) is 53.6 Å². The fraction of sp³-hybridized carbons (Fsp3) is 0.182. The second-order valence-corrected chi connectivity index (χ2v) is 16.6. The predicted octanol–water partition coefficient (Wildman–Crippen LogP) is 0.521. The van der Waals surface area contributed by atoms with Gasteiger partial charge in [0.15, 0.2) is 21.1 Å². The minimum atomic E-state index is -5.47. The Balaban J connectivity index is 1.62. The Morgan fingerprint density at radius 3 is 2.34 bits per heavy atom. The predicted molar refractivity (Wildman–Crippen MR) is 202 cm³/mol. The smallest absolute Gasteiger partial charge is 0.300 e. The monoisotopic (exact) mass is 857 g/mol. The van der Waals surface area contributed by atoms with Gasteiger partial charge in [0.2, 0.25) is 11.3 Å². The van der Waals surface area contributed by atoms with Gasteiger partial charge in [0.1, 0.15) is 10.1 Å². The van der Waals surface area contributed by atoms with Crippen molar-refractivity contribution in [1.82, 2.24) is 15.2 Å². The zero-order chi connectivity index (χ0) is 42.7. The molecular weight excluding hydrogens is 827 g/mol. The van der Waals surface area contributed by atoms with Crippen LogP contribution in [0.2, 0.25) is 0 Å². The minimum absolute atomic E-state index is 0.00611. The summed E-state index contributed by atoms with van der Waals surface area (Å²) in [5.41, 5.74) is 12.7. The molecule has 22 nitrogen and oxygen atoms in total. The molecule has 0 spiro atoms. The first kappa shape index (κ1) is 42.7. The van der Waals surface area contributed by atoms with Crippen LogP contribution in [0.25, 0.3) is 43.9 Å². The molecule has 1 aliphatic heterocycles. The third-order valence-corrected chi connectivity index (χ3v) is 10.9. The van der Waals surface area contributed by atoms with E-state index in [1.54, 1.807) is 0 Å². The molecule has 0 saturated carbocycles. The van der Waals surface area contributed by atoms with Crippen molar-refractivity contribution in [2.24, 2.45) is 5.11 Å². The Labute approximate surface area is 328 Å². The third-order valence-electron chi connectivity index (χ3n) is 8.39. The van der Waals surface area contributed by atoms with Crippen LogP contribution in [0.4, 0.5) is 11.4 Å². The summed E-state index contributed by atoms with van der Waals surface area (Å²) in [5.74, 6) is -3.98. The van der Waals surface area contributed by atoms with Crippen molar-refractivity contribution in [3.8, 4) is 22.5 Å². The molecule has 58 heavy (non-hydrogen) atoms. The first-order valence-electron chi connectivity index (χ1n) is 16.3. The molecule has 0 bridgehead atoms. The fourth-order valence-corrected chi connectivity index (χ4v) is 7.76. The number of azide groups is 1. The van der Waals surface area contributed by atoms with Crippen LogP contribution >= 0.6 is 0 Å². The van der Waals surface area contributed by atoms with E-state index in [0.29, 0.717) is 11.4 Å². The summed E-state index contributed by atoms with van der Waals surface area (Å²) < 4.78 is 111. The number of carbonyl (C=O) groups excluding carboxylic acids is 3. The van der Waals surface area contributed by atoms with E-state index in [9.17, 15) is 53.3 Å². The fourth-order valence-electron chi connectivity index (χ4n) is 5.76. The average Bonchev–Trinajstić information content (AvgIpc) is 3.13. The lowest BCUT2D eigenvalue weighted by molar-refractivity contribution is -0.176. The van der Waals surface area contributed by atoms with E-state index in [1.807, 2.05) is 0 Å². The van der Waals surface area contributed by atoms with Crippen molar-refractivity contribution in [2.75, 3.05) is 36.9 Å². The lowest BCUT2D eigenvalue weighted by Crippen LogP contribution is -2.47. The largest absolute Gasteiger partial charge is 0.744 e. The van der Waals surface area contributed by atoms with Gasteiger partial charge in [-0.25, -0.2) is 8.42 Å². The summed E-state index contributed by atoms with van der Waals surface area (Å²) in [5, 5.41) is 13.6. The number of anilines is 2. The second kappa shape index (κ2) is 16.6. The summed E-state index contributed by atoms with van der Waals surface area (Å²) in [4.78, 5) is 45.5. The topological polar surface area (TPSA) is 371 Å². The van der Waals surface area contributed by atoms with Gasteiger partial charge in [0.25, 0.3) is 32.1 Å². The summed E-state index contributed by atoms with van der Waals surface area (Å²) in [6.07, 6.45) is 1.11. The number of benzene rings is 3. The summed E-state index contributed by atoms with van der Waals surface area (Å²) in [6, 6.07) is 11.1. The van der Waals surface area contributed by atoms with Gasteiger partial charge < -0.3 is 30.2 Å². The Hall–Kier alpha value is -6.47. The van der Waals surface area contributed by atoms with E-state index in [-0.39, 0.29) is 52.7 Å². The highest BCUT2D eigenvalue weighted by molar-refractivity contribution is 7.86. The molecule has 304 valence electrons. The average molecular weight is 858 g/mol. The second-order valence-electron chi connectivity index (χ2n) is 12.4. The number of carbonyl (C=O) groups is 3. The lowest BCUT2D eigenvalue weighted by atomic mass is 9.89. The molecular formula is C33H31N9O13S3. The summed E-state index contributed by atoms with van der Waals surface area (Å²) in [6.45, 7) is -0.777. The Morgan fingerprint density at radius 2 is 1.72 bits per heavy atom. The summed E-state index contributed by atoms with van der Waals surface area (Å²) >= 11 is 0. The normalized spacial score (nSPS) is 11.9. The number of nitrogens with zero attached hydrogens (tertiary/aromatic N) is 5. The quantitative estimate of drug-likeness (QED) is 0.0221. The van der Waals surface area contributed by atoms with E-state index >= 15 is 0 Å². The number of aromatic nitrogens is 1. The zero-order valence-electron chi connectivity index (χ0n) is 29.8. The van der Waals surface area contributed by atoms with Crippen LogP contribution in [-0.2, 0) is 41.7 Å². The van der Waals surface area contributed by atoms with E-state index in [2.05, 4.69) is 25.6 Å².